The fourth-order valence-electron chi connectivity index (χ4n) is 1.29. The molecule has 0 aliphatic heterocycles. The number of hydrogen-bond acceptors (Lipinski definition) is 7. The van der Waals surface area contributed by atoms with Crippen molar-refractivity contribution in [2.45, 2.75) is 13.3 Å². The maximum atomic E-state index is 12.3. The summed E-state index contributed by atoms with van der Waals surface area (Å²) in [6, 6.07) is 10.1. The monoisotopic (exact) mass is 617 g/mol. The Bertz CT molecular complexity index is 736. The molecule has 2 heterocycles. The van der Waals surface area contributed by atoms with Crippen LogP contribution in [0.5, 0.6) is 0 Å². The average molecular weight is 617 g/mol. The first-order chi connectivity index (χ1) is 12.6. The van der Waals surface area contributed by atoms with E-state index >= 15 is 0 Å². The average Bonchev–Trinajstić information content (AvgIpc) is 2.69. The van der Waals surface area contributed by atoms with Crippen LogP contribution in [0.15, 0.2) is 36.7 Å². The predicted molar refractivity (Wildman–Crippen MR) is 82.5 cm³/mol. The zero-order chi connectivity index (χ0) is 20.2. The standard InChI is InChI=1S/C8H8N2.C6H3FN2.CH3F.CH2O3.2Cs.H/c1-2-7-4-3-5-10-8(7)6-9;7-5-2-1-3-9-6(5)4-8;1-2;2-1-4-3;;;/h3-5H,2H2,1H3;1-3H;1H3;1,3H;;;/q;;;;2*+1;-1/p-1/i;;1D;;;;. The van der Waals surface area contributed by atoms with Gasteiger partial charge in [0.05, 0.1) is 8.52 Å². The Morgan fingerprint density at radius 3 is 2.00 bits per heavy atom. The van der Waals surface area contributed by atoms with E-state index in [-0.39, 0.29) is 151 Å². The molecule has 0 N–H and O–H groups in total. The number of carbonyl (C=O) groups is 1. The molecule has 11 heteroatoms. The smallest absolute Gasteiger partial charge is 1.00 e. The minimum absolute atomic E-state index is 0. The summed E-state index contributed by atoms with van der Waals surface area (Å²) in [4.78, 5) is 18.6. The second-order valence-corrected chi connectivity index (χ2v) is 3.61. The van der Waals surface area contributed by atoms with Gasteiger partial charge >= 0.3 is 138 Å². The number of nitrogens with zero attached hydrogens (tertiary/aromatic N) is 4. The third-order valence-electron chi connectivity index (χ3n) is 2.28. The van der Waals surface area contributed by atoms with Gasteiger partial charge in [0.15, 0.2) is 11.5 Å². The largest absolute Gasteiger partial charge is 1.00 e. The molecule has 0 saturated heterocycles. The van der Waals surface area contributed by atoms with E-state index in [1.54, 1.807) is 12.3 Å². The molecule has 0 fully saturated rings. The summed E-state index contributed by atoms with van der Waals surface area (Å²) in [6.07, 6.45) is 3.88. The van der Waals surface area contributed by atoms with Gasteiger partial charge < -0.3 is 11.6 Å². The van der Waals surface area contributed by atoms with E-state index in [0.29, 0.717) is 5.69 Å². The molecule has 0 aliphatic carbocycles. The number of carbonyl (C=O) groups excluding carboxylic acids is 1. The first-order valence-corrected chi connectivity index (χ1v) is 6.48. The van der Waals surface area contributed by atoms with Crippen LogP contribution < -0.4 is 143 Å². The van der Waals surface area contributed by atoms with Crippen LogP contribution in [0.2, 0.25) is 0 Å². The molecule has 0 aliphatic rings. The zero-order valence-corrected chi connectivity index (χ0v) is 27.8. The molecule has 0 saturated carbocycles. The summed E-state index contributed by atoms with van der Waals surface area (Å²) < 4.78 is 27.8. The number of alkyl halides is 1. The third kappa shape index (κ3) is 18.4. The second-order valence-electron chi connectivity index (χ2n) is 3.61. The molecule has 27 heavy (non-hydrogen) atoms. The second kappa shape index (κ2) is 26.7. The van der Waals surface area contributed by atoms with E-state index in [9.17, 15) is 8.78 Å². The van der Waals surface area contributed by atoms with Gasteiger partial charge in [-0.1, -0.05) is 13.0 Å². The fourth-order valence-corrected chi connectivity index (χ4v) is 1.29. The number of rotatable bonds is 2. The van der Waals surface area contributed by atoms with E-state index in [1.807, 2.05) is 25.1 Å². The van der Waals surface area contributed by atoms with Crippen molar-refractivity contribution in [2.75, 3.05) is 7.15 Å². The summed E-state index contributed by atoms with van der Waals surface area (Å²) in [5, 5.41) is 25.1. The Kier molecular flexibility index (Phi) is 32.0. The first kappa shape index (κ1) is 32.3. The Hall–Kier alpha value is 0.674. The Morgan fingerprint density at radius 1 is 1.26 bits per heavy atom. The van der Waals surface area contributed by atoms with Crippen LogP contribution in [-0.4, -0.2) is 23.6 Å². The van der Waals surface area contributed by atoms with E-state index in [0.717, 1.165) is 12.0 Å². The van der Waals surface area contributed by atoms with Crippen LogP contribution in [-0.2, 0) is 16.1 Å². The summed E-state index contributed by atoms with van der Waals surface area (Å²) in [5.74, 6) is -0.569. The molecular weight excluding hydrogens is 600 g/mol. The third-order valence-corrected chi connectivity index (χ3v) is 2.28. The molecule has 7 nitrogen and oxygen atoms in total. The Labute approximate surface area is 277 Å². The van der Waals surface area contributed by atoms with Crippen molar-refractivity contribution in [3.05, 3.63) is 59.4 Å². The van der Waals surface area contributed by atoms with Gasteiger partial charge in [0.1, 0.15) is 17.8 Å². The number of nitriles is 2. The fraction of sp³-hybridized carbons (Fsp3) is 0.188. The van der Waals surface area contributed by atoms with Crippen LogP contribution in [0.25, 0.3) is 0 Å². The summed E-state index contributed by atoms with van der Waals surface area (Å²) in [6.45, 7) is 1.83. The van der Waals surface area contributed by atoms with Gasteiger partial charge in [0.2, 0.25) is 0 Å². The topological polar surface area (TPSA) is 123 Å². The van der Waals surface area contributed by atoms with E-state index in [4.69, 9.17) is 21.9 Å². The number of aryl methyl sites for hydroxylation is 1. The van der Waals surface area contributed by atoms with Crippen LogP contribution in [0.3, 0.4) is 0 Å². The first-order valence-electron chi connectivity index (χ1n) is 7.18. The van der Waals surface area contributed by atoms with Crippen molar-refractivity contribution in [1.29, 1.82) is 10.5 Å². The van der Waals surface area contributed by atoms with Crippen molar-refractivity contribution in [3.63, 3.8) is 0 Å². The van der Waals surface area contributed by atoms with Crippen LogP contribution in [0.1, 0.15) is 26.7 Å². The zero-order valence-electron chi connectivity index (χ0n) is 17.2. The van der Waals surface area contributed by atoms with Gasteiger partial charge in [-0.05, 0) is 30.2 Å². The normalized spacial score (nSPS) is 7.56. The van der Waals surface area contributed by atoms with Crippen molar-refractivity contribution in [2.24, 2.45) is 0 Å². The van der Waals surface area contributed by atoms with Gasteiger partial charge in [0, 0.05) is 12.4 Å². The van der Waals surface area contributed by atoms with Gasteiger partial charge in [-0.2, -0.15) is 10.5 Å². The molecular formula is C16H16Cs2F2N4O3. The number of pyridine rings is 2. The van der Waals surface area contributed by atoms with Crippen LogP contribution in [0.4, 0.5) is 8.78 Å². The maximum absolute atomic E-state index is 12.3. The number of aromatic nitrogens is 2. The Morgan fingerprint density at radius 2 is 1.70 bits per heavy atom. The van der Waals surface area contributed by atoms with E-state index < -0.39 is 13.0 Å². The van der Waals surface area contributed by atoms with E-state index in [1.165, 1.54) is 18.3 Å². The molecule has 2 aromatic heterocycles. The molecule has 0 unspecified atom stereocenters. The predicted octanol–water partition coefficient (Wildman–Crippen LogP) is -4.25. The summed E-state index contributed by atoms with van der Waals surface area (Å²) in [5.41, 5.74) is 1.41. The summed E-state index contributed by atoms with van der Waals surface area (Å²) in [7, 11) is -1.00. The molecule has 134 valence electrons. The Balaban J connectivity index is -0.0000000939. The SMILES string of the molecule is CCc1cccnc1C#N.N#Cc1ncccc1F.O=CO[O-].[2H]CF.[Cs+].[Cs+].[H-]. The molecule has 0 aromatic carbocycles. The number of halogens is 2. The van der Waals surface area contributed by atoms with Crippen molar-refractivity contribution >= 4 is 6.47 Å². The molecule has 0 radical (unpaired) electrons. The quantitative estimate of drug-likeness (QED) is 0.190. The van der Waals surface area contributed by atoms with E-state index in [2.05, 4.69) is 14.9 Å². The van der Waals surface area contributed by atoms with Crippen molar-refractivity contribution in [3.8, 4) is 12.1 Å². The minimum Gasteiger partial charge on any atom is -1.00 e. The molecule has 0 amide bonds. The number of hydrogen-bond donors (Lipinski definition) is 0. The van der Waals surface area contributed by atoms with Gasteiger partial charge in [0.25, 0.3) is 6.47 Å². The molecule has 0 bridgehead atoms. The maximum Gasteiger partial charge on any atom is 1.00 e. The van der Waals surface area contributed by atoms with Gasteiger partial charge in [-0.3, -0.25) is 9.18 Å². The van der Waals surface area contributed by atoms with Crippen molar-refractivity contribution in [1.82, 2.24) is 9.97 Å². The van der Waals surface area contributed by atoms with Crippen LogP contribution in [0, 0.1) is 28.5 Å². The molecule has 0 spiro atoms. The minimum atomic E-state index is -1.00. The summed E-state index contributed by atoms with van der Waals surface area (Å²) >= 11 is 0. The molecule has 0 atom stereocenters. The van der Waals surface area contributed by atoms with Crippen LogP contribution >= 0.6 is 0 Å². The van der Waals surface area contributed by atoms with Gasteiger partial charge in [-0.15, -0.1) is 0 Å². The molecule has 2 rings (SSSR count). The van der Waals surface area contributed by atoms with Crippen molar-refractivity contribution < 1.29 is 164 Å². The van der Waals surface area contributed by atoms with Gasteiger partial charge in [-0.25, -0.2) is 14.4 Å². The molecule has 2 aromatic rings.